The van der Waals surface area contributed by atoms with Gasteiger partial charge in [-0.15, -0.1) is 11.8 Å². The molecule has 0 N–H and O–H groups in total. The fraction of sp³-hybridized carbons (Fsp3) is 0.353. The van der Waals surface area contributed by atoms with Gasteiger partial charge < -0.3 is 14.0 Å². The van der Waals surface area contributed by atoms with E-state index in [-0.39, 0.29) is 17.6 Å². The number of hydrogen-bond acceptors (Lipinski definition) is 6. The summed E-state index contributed by atoms with van der Waals surface area (Å²) in [5.41, 5.74) is 0.734. The molecule has 0 aliphatic carbocycles. The van der Waals surface area contributed by atoms with Crippen molar-refractivity contribution in [3.8, 4) is 5.75 Å². The van der Waals surface area contributed by atoms with Crippen molar-refractivity contribution in [3.05, 3.63) is 39.6 Å². The second kappa shape index (κ2) is 8.87. The van der Waals surface area contributed by atoms with Crippen molar-refractivity contribution in [2.75, 3.05) is 19.5 Å². The molecule has 0 spiro atoms. The molecule has 1 aromatic carbocycles. The maximum Gasteiger partial charge on any atom is 0.350 e. The predicted molar refractivity (Wildman–Crippen MR) is 98.3 cm³/mol. The molecular weight excluding hydrogens is 360 g/mol. The minimum Gasteiger partial charge on any atom is -0.497 e. The molecule has 0 aliphatic rings. The fourth-order valence-electron chi connectivity index (χ4n) is 1.97. The topological polar surface area (TPSA) is 69.9 Å². The van der Waals surface area contributed by atoms with Gasteiger partial charge in [-0.25, -0.2) is 4.79 Å². The van der Waals surface area contributed by atoms with Gasteiger partial charge in [-0.1, -0.05) is 11.3 Å². The molecule has 25 heavy (non-hydrogen) atoms. The Morgan fingerprint density at radius 3 is 2.56 bits per heavy atom. The van der Waals surface area contributed by atoms with Gasteiger partial charge >= 0.3 is 5.97 Å². The molecule has 0 atom stereocenters. The smallest absolute Gasteiger partial charge is 0.350 e. The second-order valence-corrected chi connectivity index (χ2v) is 7.07. The van der Waals surface area contributed by atoms with Crippen molar-refractivity contribution in [1.29, 1.82) is 0 Å². The Kier molecular flexibility index (Phi) is 6.83. The van der Waals surface area contributed by atoms with E-state index in [1.54, 1.807) is 32.6 Å². The van der Waals surface area contributed by atoms with Gasteiger partial charge in [0.1, 0.15) is 10.6 Å². The van der Waals surface area contributed by atoms with Crippen molar-refractivity contribution >= 4 is 35.0 Å². The van der Waals surface area contributed by atoms with Crippen LogP contribution < -0.4 is 9.54 Å². The Morgan fingerprint density at radius 2 is 1.96 bits per heavy atom. The lowest BCUT2D eigenvalue weighted by Crippen LogP contribution is -2.15. The fourth-order valence-corrected chi connectivity index (χ4v) is 3.68. The van der Waals surface area contributed by atoms with E-state index in [1.807, 2.05) is 24.3 Å². The van der Waals surface area contributed by atoms with E-state index in [0.29, 0.717) is 16.3 Å². The van der Waals surface area contributed by atoms with Gasteiger partial charge in [-0.05, 0) is 38.1 Å². The van der Waals surface area contributed by atoms with E-state index in [1.165, 1.54) is 11.8 Å². The summed E-state index contributed by atoms with van der Waals surface area (Å²) in [6.07, 6.45) is 0. The normalized spacial score (nSPS) is 11.4. The van der Waals surface area contributed by atoms with E-state index in [0.717, 1.165) is 27.7 Å². The van der Waals surface area contributed by atoms with Crippen LogP contribution in [-0.2, 0) is 16.6 Å². The van der Waals surface area contributed by atoms with Gasteiger partial charge in [0, 0.05) is 17.6 Å². The molecule has 0 saturated heterocycles. The van der Waals surface area contributed by atoms with Crippen molar-refractivity contribution in [1.82, 2.24) is 4.57 Å². The van der Waals surface area contributed by atoms with Gasteiger partial charge in [0.05, 0.1) is 19.5 Å². The number of carbonyl (C=O) groups is 2. The first-order valence-corrected chi connectivity index (χ1v) is 9.44. The van der Waals surface area contributed by atoms with Crippen LogP contribution in [0.5, 0.6) is 5.75 Å². The van der Waals surface area contributed by atoms with E-state index >= 15 is 0 Å². The molecule has 2 aromatic rings. The van der Waals surface area contributed by atoms with E-state index < -0.39 is 0 Å². The lowest BCUT2D eigenvalue weighted by atomic mass is 10.3. The Hall–Kier alpha value is -2.06. The maximum atomic E-state index is 12.1. The highest BCUT2D eigenvalue weighted by atomic mass is 32.2. The third-order valence-corrected chi connectivity index (χ3v) is 5.63. The monoisotopic (exact) mass is 380 g/mol. The van der Waals surface area contributed by atoms with Crippen LogP contribution in [0.25, 0.3) is 0 Å². The van der Waals surface area contributed by atoms with E-state index in [4.69, 9.17) is 9.47 Å². The highest BCUT2D eigenvalue weighted by molar-refractivity contribution is 8.00. The van der Waals surface area contributed by atoms with Crippen molar-refractivity contribution in [2.24, 2.45) is 12.0 Å². The number of thiazole rings is 1. The maximum absolute atomic E-state index is 12.1. The van der Waals surface area contributed by atoms with Gasteiger partial charge in [-0.3, -0.25) is 4.79 Å². The highest BCUT2D eigenvalue weighted by Crippen LogP contribution is 2.21. The molecule has 1 heterocycles. The average Bonchev–Trinajstić information content (AvgIpc) is 2.89. The molecular formula is C17H20N2O4S2. The lowest BCUT2D eigenvalue weighted by molar-refractivity contribution is -0.115. The zero-order valence-electron chi connectivity index (χ0n) is 14.6. The molecule has 0 unspecified atom stereocenters. The number of nitrogens with zero attached hydrogens (tertiary/aromatic N) is 2. The SMILES string of the molecule is CCOC(=O)c1sc(=NC(=O)CSc2ccc(OC)cc2)n(C)c1C. The van der Waals surface area contributed by atoms with E-state index in [2.05, 4.69) is 4.99 Å². The van der Waals surface area contributed by atoms with Crippen LogP contribution in [0, 0.1) is 6.92 Å². The van der Waals surface area contributed by atoms with Crippen LogP contribution in [-0.4, -0.2) is 35.9 Å². The zero-order valence-corrected chi connectivity index (χ0v) is 16.2. The molecule has 0 saturated carbocycles. The molecule has 0 radical (unpaired) electrons. The van der Waals surface area contributed by atoms with Gasteiger partial charge in [0.15, 0.2) is 4.80 Å². The predicted octanol–water partition coefficient (Wildman–Crippen LogP) is 2.80. The largest absolute Gasteiger partial charge is 0.497 e. The summed E-state index contributed by atoms with van der Waals surface area (Å²) in [7, 11) is 3.38. The van der Waals surface area contributed by atoms with Crippen molar-refractivity contribution in [2.45, 2.75) is 18.7 Å². The molecule has 0 aliphatic heterocycles. The molecule has 6 nitrogen and oxygen atoms in total. The van der Waals surface area contributed by atoms with Gasteiger partial charge in [0.2, 0.25) is 0 Å². The van der Waals surface area contributed by atoms with Gasteiger partial charge in [0.25, 0.3) is 5.91 Å². The number of amides is 1. The number of esters is 1. The number of benzene rings is 1. The van der Waals surface area contributed by atoms with Crippen LogP contribution in [0.1, 0.15) is 22.3 Å². The first-order chi connectivity index (χ1) is 12.0. The highest BCUT2D eigenvalue weighted by Gasteiger charge is 2.16. The molecule has 1 amide bonds. The number of methoxy groups -OCH3 is 1. The molecule has 0 fully saturated rings. The first kappa shape index (κ1) is 19.3. The minimum absolute atomic E-state index is 0.220. The zero-order chi connectivity index (χ0) is 18.4. The molecule has 134 valence electrons. The quantitative estimate of drug-likeness (QED) is 0.569. The number of hydrogen-bond donors (Lipinski definition) is 0. The Bertz CT molecular complexity index is 822. The summed E-state index contributed by atoms with van der Waals surface area (Å²) in [4.78, 5) is 30.1. The summed E-state index contributed by atoms with van der Waals surface area (Å²) in [5.74, 6) is 0.348. The Balaban J connectivity index is 2.09. The van der Waals surface area contributed by atoms with Crippen LogP contribution in [0.2, 0.25) is 0 Å². The third-order valence-electron chi connectivity index (χ3n) is 3.41. The summed E-state index contributed by atoms with van der Waals surface area (Å²) in [6.45, 7) is 3.87. The summed E-state index contributed by atoms with van der Waals surface area (Å²) < 4.78 is 11.9. The first-order valence-electron chi connectivity index (χ1n) is 7.64. The number of thioether (sulfide) groups is 1. The van der Waals surface area contributed by atoms with Crippen LogP contribution in [0.3, 0.4) is 0 Å². The summed E-state index contributed by atoms with van der Waals surface area (Å²) in [6, 6.07) is 7.48. The van der Waals surface area contributed by atoms with Crippen LogP contribution in [0.15, 0.2) is 34.2 Å². The minimum atomic E-state index is -0.387. The van der Waals surface area contributed by atoms with E-state index in [9.17, 15) is 9.59 Å². The number of rotatable bonds is 6. The average molecular weight is 380 g/mol. The second-order valence-electron chi connectivity index (χ2n) is 5.05. The van der Waals surface area contributed by atoms with Crippen LogP contribution >= 0.6 is 23.1 Å². The molecule has 2 rings (SSSR count). The summed E-state index contributed by atoms with van der Waals surface area (Å²) in [5, 5.41) is 0. The standard InChI is InChI=1S/C17H20N2O4S2/c1-5-23-16(21)15-11(2)19(3)17(25-15)18-14(20)10-24-13-8-6-12(22-4)7-9-13/h6-9H,5,10H2,1-4H3. The number of aromatic nitrogens is 1. The number of carbonyl (C=O) groups excluding carboxylic acids is 2. The Morgan fingerprint density at radius 1 is 1.28 bits per heavy atom. The summed E-state index contributed by atoms with van der Waals surface area (Å²) >= 11 is 2.57. The van der Waals surface area contributed by atoms with Crippen molar-refractivity contribution in [3.63, 3.8) is 0 Å². The third kappa shape index (κ3) is 4.96. The molecule has 0 bridgehead atoms. The lowest BCUT2D eigenvalue weighted by Gasteiger charge is -2.01. The molecule has 8 heteroatoms. The molecule has 1 aromatic heterocycles. The van der Waals surface area contributed by atoms with Gasteiger partial charge in [-0.2, -0.15) is 4.99 Å². The van der Waals surface area contributed by atoms with Crippen LogP contribution in [0.4, 0.5) is 0 Å². The van der Waals surface area contributed by atoms with Crippen molar-refractivity contribution < 1.29 is 19.1 Å². The number of ether oxygens (including phenoxy) is 2. The Labute approximate surface area is 154 Å².